The molecule has 2 aromatic heterocycles. The van der Waals surface area contributed by atoms with Crippen LogP contribution in [0.25, 0.3) is 11.4 Å². The number of rotatable bonds is 6. The second kappa shape index (κ2) is 8.47. The molecule has 27 heavy (non-hydrogen) atoms. The van der Waals surface area contributed by atoms with Crippen LogP contribution in [0.2, 0.25) is 0 Å². The average Bonchev–Trinajstić information content (AvgIpc) is 3.10. The second-order valence-corrected chi connectivity index (χ2v) is 6.24. The summed E-state index contributed by atoms with van der Waals surface area (Å²) >= 11 is 0. The van der Waals surface area contributed by atoms with Crippen molar-refractivity contribution in [1.82, 2.24) is 20.0 Å². The number of likely N-dealkylation sites (tertiary alicyclic amines) is 1. The van der Waals surface area contributed by atoms with Gasteiger partial charge in [0.05, 0.1) is 6.10 Å². The van der Waals surface area contributed by atoms with E-state index in [9.17, 15) is 18.0 Å². The van der Waals surface area contributed by atoms with E-state index in [0.717, 1.165) is 5.56 Å². The molecule has 3 heterocycles. The highest BCUT2D eigenvalue weighted by atomic mass is 19.4. The number of aryl methyl sites for hydroxylation is 1. The maximum absolute atomic E-state index is 12.2. The number of carbonyl (C=O) groups is 1. The standard InChI is InChI=1S/C17H19F3N4O3/c18-17(19,20)26-13-6-10-24(11-7-13)15(25)3-1-2-14-22-16(23-27-14)12-4-8-21-9-5-12/h4-5,8-9,13H,1-3,6-7,10-11H2. The van der Waals surface area contributed by atoms with Crippen LogP contribution in [0.1, 0.15) is 31.6 Å². The van der Waals surface area contributed by atoms with Crippen molar-refractivity contribution in [3.63, 3.8) is 0 Å². The van der Waals surface area contributed by atoms with Gasteiger partial charge in [0, 0.05) is 43.9 Å². The van der Waals surface area contributed by atoms with E-state index in [0.29, 0.717) is 24.6 Å². The molecule has 146 valence electrons. The number of hydrogen-bond donors (Lipinski definition) is 0. The van der Waals surface area contributed by atoms with Gasteiger partial charge in [-0.2, -0.15) is 4.98 Å². The molecule has 1 aliphatic heterocycles. The van der Waals surface area contributed by atoms with Gasteiger partial charge in [0.15, 0.2) is 0 Å². The summed E-state index contributed by atoms with van der Waals surface area (Å²) in [5.41, 5.74) is 0.792. The van der Waals surface area contributed by atoms with Gasteiger partial charge in [0.2, 0.25) is 17.6 Å². The first-order valence-corrected chi connectivity index (χ1v) is 8.66. The van der Waals surface area contributed by atoms with Crippen molar-refractivity contribution in [1.29, 1.82) is 0 Å². The van der Waals surface area contributed by atoms with Crippen LogP contribution in [0, 0.1) is 0 Å². The number of alkyl halides is 3. The van der Waals surface area contributed by atoms with Crippen molar-refractivity contribution >= 4 is 5.91 Å². The summed E-state index contributed by atoms with van der Waals surface area (Å²) in [6.07, 6.45) is -0.617. The Hall–Kier alpha value is -2.49. The van der Waals surface area contributed by atoms with Crippen molar-refractivity contribution in [2.75, 3.05) is 13.1 Å². The van der Waals surface area contributed by atoms with Gasteiger partial charge < -0.3 is 9.42 Å². The minimum Gasteiger partial charge on any atom is -0.343 e. The monoisotopic (exact) mass is 384 g/mol. The molecule has 0 unspecified atom stereocenters. The molecule has 0 aromatic carbocycles. The third-order valence-electron chi connectivity index (χ3n) is 4.28. The number of piperidine rings is 1. The van der Waals surface area contributed by atoms with E-state index in [1.165, 1.54) is 0 Å². The summed E-state index contributed by atoms with van der Waals surface area (Å²) in [6.45, 7) is 0.540. The Bertz CT molecular complexity index is 743. The van der Waals surface area contributed by atoms with Gasteiger partial charge in [-0.15, -0.1) is 13.2 Å². The maximum Gasteiger partial charge on any atom is 0.522 e. The summed E-state index contributed by atoms with van der Waals surface area (Å²) in [6, 6.07) is 3.54. The van der Waals surface area contributed by atoms with E-state index in [-0.39, 0.29) is 38.3 Å². The molecule has 0 saturated carbocycles. The minimum atomic E-state index is -4.63. The summed E-state index contributed by atoms with van der Waals surface area (Å²) in [4.78, 5) is 22.0. The van der Waals surface area contributed by atoms with Crippen molar-refractivity contribution in [3.05, 3.63) is 30.4 Å². The molecular weight excluding hydrogens is 365 g/mol. The molecule has 1 amide bonds. The molecule has 0 N–H and O–H groups in total. The Morgan fingerprint density at radius 3 is 2.63 bits per heavy atom. The normalized spacial score (nSPS) is 15.9. The van der Waals surface area contributed by atoms with Gasteiger partial charge in [-0.05, 0) is 31.4 Å². The first-order valence-electron chi connectivity index (χ1n) is 8.66. The van der Waals surface area contributed by atoms with Crippen LogP contribution in [0.4, 0.5) is 13.2 Å². The van der Waals surface area contributed by atoms with Crippen molar-refractivity contribution in [2.24, 2.45) is 0 Å². The average molecular weight is 384 g/mol. The largest absolute Gasteiger partial charge is 0.522 e. The number of halogens is 3. The lowest BCUT2D eigenvalue weighted by atomic mass is 10.1. The van der Waals surface area contributed by atoms with Crippen LogP contribution in [0.5, 0.6) is 0 Å². The van der Waals surface area contributed by atoms with Crippen molar-refractivity contribution < 1.29 is 27.2 Å². The number of nitrogens with zero attached hydrogens (tertiary/aromatic N) is 4. The molecule has 0 bridgehead atoms. The zero-order valence-electron chi connectivity index (χ0n) is 14.5. The lowest BCUT2D eigenvalue weighted by molar-refractivity contribution is -0.345. The van der Waals surface area contributed by atoms with E-state index >= 15 is 0 Å². The Kier molecular flexibility index (Phi) is 6.04. The molecular formula is C17H19F3N4O3. The van der Waals surface area contributed by atoms with Gasteiger partial charge in [-0.3, -0.25) is 14.5 Å². The summed E-state index contributed by atoms with van der Waals surface area (Å²) in [7, 11) is 0. The number of pyridine rings is 1. The van der Waals surface area contributed by atoms with Crippen LogP contribution in [0.15, 0.2) is 29.0 Å². The van der Waals surface area contributed by atoms with Crippen LogP contribution < -0.4 is 0 Å². The molecule has 0 spiro atoms. The quantitative estimate of drug-likeness (QED) is 0.762. The molecule has 2 aromatic rings. The number of amides is 1. The Morgan fingerprint density at radius 2 is 1.96 bits per heavy atom. The molecule has 1 fully saturated rings. The Labute approximate surface area is 153 Å². The van der Waals surface area contributed by atoms with E-state index in [1.54, 1.807) is 29.4 Å². The van der Waals surface area contributed by atoms with Crippen LogP contribution in [-0.2, 0) is 16.0 Å². The second-order valence-electron chi connectivity index (χ2n) is 6.24. The maximum atomic E-state index is 12.2. The highest BCUT2D eigenvalue weighted by molar-refractivity contribution is 5.76. The first-order chi connectivity index (χ1) is 12.9. The zero-order valence-corrected chi connectivity index (χ0v) is 14.5. The predicted molar refractivity (Wildman–Crippen MR) is 87.2 cm³/mol. The minimum absolute atomic E-state index is 0.0886. The fourth-order valence-electron chi connectivity index (χ4n) is 2.94. The third-order valence-corrected chi connectivity index (χ3v) is 4.28. The van der Waals surface area contributed by atoms with E-state index in [4.69, 9.17) is 4.52 Å². The summed E-state index contributed by atoms with van der Waals surface area (Å²) in [5.74, 6) is 0.812. The number of carbonyl (C=O) groups excluding carboxylic acids is 1. The molecule has 7 nitrogen and oxygen atoms in total. The van der Waals surface area contributed by atoms with E-state index in [2.05, 4.69) is 19.9 Å². The van der Waals surface area contributed by atoms with Gasteiger partial charge in [0.1, 0.15) is 0 Å². The molecule has 10 heteroatoms. The van der Waals surface area contributed by atoms with Gasteiger partial charge >= 0.3 is 6.36 Å². The highest BCUT2D eigenvalue weighted by Gasteiger charge is 2.35. The van der Waals surface area contributed by atoms with Crippen LogP contribution >= 0.6 is 0 Å². The first kappa shape index (κ1) is 19.3. The number of aromatic nitrogens is 3. The van der Waals surface area contributed by atoms with Gasteiger partial charge in [0.25, 0.3) is 0 Å². The summed E-state index contributed by atoms with van der Waals surface area (Å²) < 4.78 is 45.8. The smallest absolute Gasteiger partial charge is 0.343 e. The van der Waals surface area contributed by atoms with Crippen molar-refractivity contribution in [2.45, 2.75) is 44.6 Å². The molecule has 1 saturated heterocycles. The molecule has 0 atom stereocenters. The highest BCUT2D eigenvalue weighted by Crippen LogP contribution is 2.24. The number of hydrogen-bond acceptors (Lipinski definition) is 6. The number of ether oxygens (including phenoxy) is 1. The van der Waals surface area contributed by atoms with Crippen LogP contribution in [0.3, 0.4) is 0 Å². The lowest BCUT2D eigenvalue weighted by Gasteiger charge is -2.32. The van der Waals surface area contributed by atoms with E-state index < -0.39 is 12.5 Å². The summed E-state index contributed by atoms with van der Waals surface area (Å²) in [5, 5.41) is 3.90. The predicted octanol–water partition coefficient (Wildman–Crippen LogP) is 2.98. The van der Waals surface area contributed by atoms with Gasteiger partial charge in [-0.25, -0.2) is 0 Å². The molecule has 0 radical (unpaired) electrons. The molecule has 0 aliphatic carbocycles. The van der Waals surface area contributed by atoms with Gasteiger partial charge in [-0.1, -0.05) is 5.16 Å². The third kappa shape index (κ3) is 5.75. The zero-order chi connectivity index (χ0) is 19.3. The SMILES string of the molecule is O=C(CCCc1nc(-c2ccncc2)no1)N1CCC(OC(F)(F)F)CC1. The fraction of sp³-hybridized carbons (Fsp3) is 0.529. The topological polar surface area (TPSA) is 81.3 Å². The van der Waals surface area contributed by atoms with E-state index in [1.807, 2.05) is 0 Å². The Balaban J connectivity index is 1.40. The fourth-order valence-corrected chi connectivity index (χ4v) is 2.94. The molecule has 3 rings (SSSR count). The lowest BCUT2D eigenvalue weighted by Crippen LogP contribution is -2.42. The van der Waals surface area contributed by atoms with Crippen LogP contribution in [-0.4, -0.2) is 51.5 Å². The van der Waals surface area contributed by atoms with Crippen molar-refractivity contribution in [3.8, 4) is 11.4 Å². The molecule has 1 aliphatic rings. The Morgan fingerprint density at radius 1 is 1.26 bits per heavy atom.